The first kappa shape index (κ1) is 14.3. The lowest BCUT2D eigenvalue weighted by Crippen LogP contribution is -2.35. The Kier molecular flexibility index (Phi) is 4.83. The zero-order valence-electron chi connectivity index (χ0n) is 8.54. The van der Waals surface area contributed by atoms with E-state index in [0.29, 0.717) is 0 Å². The van der Waals surface area contributed by atoms with Crippen LogP contribution in [0.2, 0.25) is 0 Å². The average Bonchev–Trinajstić information content (AvgIpc) is 2.14. The van der Waals surface area contributed by atoms with Gasteiger partial charge in [0.15, 0.2) is 0 Å². The van der Waals surface area contributed by atoms with Crippen molar-refractivity contribution in [3.05, 3.63) is 24.8 Å². The molecule has 0 spiro atoms. The first-order valence-corrected chi connectivity index (χ1v) is 4.09. The van der Waals surface area contributed by atoms with Crippen molar-refractivity contribution >= 4 is 11.9 Å². The molecule has 3 N–H and O–H groups in total. The molecule has 0 heterocycles. The number of hydrogen-bond donors (Lipinski definition) is 3. The molecule has 0 aromatic heterocycles. The summed E-state index contributed by atoms with van der Waals surface area (Å²) < 4.78 is 8.85. The van der Waals surface area contributed by atoms with Crippen LogP contribution in [0, 0.1) is 0 Å². The summed E-state index contributed by atoms with van der Waals surface area (Å²) in [7, 11) is 0. The maximum absolute atomic E-state index is 11.1. The highest BCUT2D eigenvalue weighted by Gasteiger charge is 2.31. The second kappa shape index (κ2) is 5.40. The van der Waals surface area contributed by atoms with E-state index in [1.54, 1.807) is 0 Å². The van der Waals surface area contributed by atoms with Gasteiger partial charge >= 0.3 is 17.9 Å². The molecule has 0 aliphatic heterocycles. The van der Waals surface area contributed by atoms with Crippen LogP contribution >= 0.6 is 0 Å². The Hall–Kier alpha value is -1.70. The molecule has 0 saturated carbocycles. The minimum Gasteiger partial charge on any atom is -0.422 e. The van der Waals surface area contributed by atoms with Gasteiger partial charge in [0, 0.05) is 13.0 Å². The fourth-order valence-corrected chi connectivity index (χ4v) is 0.595. The van der Waals surface area contributed by atoms with E-state index in [2.05, 4.69) is 22.6 Å². The Bertz CT molecular complexity index is 312. The minimum absolute atomic E-state index is 0.825. The molecule has 7 nitrogen and oxygen atoms in total. The monoisotopic (exact) mass is 232 g/mol. The van der Waals surface area contributed by atoms with E-state index in [9.17, 15) is 9.59 Å². The summed E-state index contributed by atoms with van der Waals surface area (Å²) in [6.07, 6.45) is -0.426. The standard InChI is InChI=1S/C9H12O7/c1-4-7(10)15-6(3)16-8(11)5(2)9(12,13)14/h4,6,12-14H,1-2H2,3H3. The number of hydrogen-bond acceptors (Lipinski definition) is 7. The van der Waals surface area contributed by atoms with Crippen LogP contribution in [-0.4, -0.2) is 39.5 Å². The second-order valence-electron chi connectivity index (χ2n) is 2.73. The number of rotatable bonds is 5. The predicted molar refractivity (Wildman–Crippen MR) is 50.4 cm³/mol. The van der Waals surface area contributed by atoms with Crippen molar-refractivity contribution in [1.82, 2.24) is 0 Å². The highest BCUT2D eigenvalue weighted by Crippen LogP contribution is 2.10. The number of carbonyl (C=O) groups excluding carboxylic acids is 2. The third-order valence-electron chi connectivity index (χ3n) is 1.37. The summed E-state index contributed by atoms with van der Waals surface area (Å²) in [5, 5.41) is 25.8. The van der Waals surface area contributed by atoms with Crippen molar-refractivity contribution in [3.63, 3.8) is 0 Å². The molecule has 0 bridgehead atoms. The molecule has 0 fully saturated rings. The molecule has 0 saturated heterocycles. The Balaban J connectivity index is 4.30. The molecular weight excluding hydrogens is 220 g/mol. The fourth-order valence-electron chi connectivity index (χ4n) is 0.595. The first-order valence-electron chi connectivity index (χ1n) is 4.09. The van der Waals surface area contributed by atoms with Crippen LogP contribution in [0.3, 0.4) is 0 Å². The first-order chi connectivity index (χ1) is 7.18. The topological polar surface area (TPSA) is 113 Å². The largest absolute Gasteiger partial charge is 0.422 e. The van der Waals surface area contributed by atoms with Crippen molar-refractivity contribution < 1.29 is 34.4 Å². The minimum atomic E-state index is -3.38. The molecule has 0 aromatic rings. The highest BCUT2D eigenvalue weighted by atomic mass is 16.7. The zero-order valence-corrected chi connectivity index (χ0v) is 8.54. The van der Waals surface area contributed by atoms with E-state index in [0.717, 1.165) is 6.08 Å². The summed E-state index contributed by atoms with van der Waals surface area (Å²) in [5.74, 6) is -5.52. The maximum Gasteiger partial charge on any atom is 0.344 e. The molecular formula is C9H12O7. The van der Waals surface area contributed by atoms with Gasteiger partial charge in [-0.3, -0.25) is 0 Å². The van der Waals surface area contributed by atoms with Crippen LogP contribution in [0.15, 0.2) is 24.8 Å². The molecule has 0 aromatic carbocycles. The van der Waals surface area contributed by atoms with E-state index in [1.165, 1.54) is 6.92 Å². The van der Waals surface area contributed by atoms with E-state index in [-0.39, 0.29) is 0 Å². The summed E-state index contributed by atoms with van der Waals surface area (Å²) in [5.41, 5.74) is -1.01. The van der Waals surface area contributed by atoms with Gasteiger partial charge in [0.05, 0.1) is 0 Å². The summed E-state index contributed by atoms with van der Waals surface area (Å²) in [6, 6.07) is 0. The molecule has 1 unspecified atom stereocenters. The Labute approximate surface area is 91.2 Å². The normalized spacial score (nSPS) is 12.5. The maximum atomic E-state index is 11.1. The molecule has 7 heteroatoms. The van der Waals surface area contributed by atoms with Crippen LogP contribution in [0.4, 0.5) is 0 Å². The van der Waals surface area contributed by atoms with Gasteiger partial charge in [-0.2, -0.15) is 0 Å². The smallest absolute Gasteiger partial charge is 0.344 e. The van der Waals surface area contributed by atoms with Crippen molar-refractivity contribution in [2.75, 3.05) is 0 Å². The summed E-state index contributed by atoms with van der Waals surface area (Å²) in [4.78, 5) is 21.7. The SMILES string of the molecule is C=CC(=O)OC(C)OC(=O)C(=C)C(O)(O)O. The number of esters is 2. The van der Waals surface area contributed by atoms with Crippen molar-refractivity contribution in [2.24, 2.45) is 0 Å². The Morgan fingerprint density at radius 2 is 1.81 bits per heavy atom. The van der Waals surface area contributed by atoms with Gasteiger partial charge in [0.2, 0.25) is 6.29 Å². The summed E-state index contributed by atoms with van der Waals surface area (Å²) >= 11 is 0. The second-order valence-corrected chi connectivity index (χ2v) is 2.73. The van der Waals surface area contributed by atoms with Crippen molar-refractivity contribution in [1.29, 1.82) is 0 Å². The number of ether oxygens (including phenoxy) is 2. The van der Waals surface area contributed by atoms with Crippen molar-refractivity contribution in [3.8, 4) is 0 Å². The van der Waals surface area contributed by atoms with E-state index in [4.69, 9.17) is 15.3 Å². The number of carbonyl (C=O) groups is 2. The Morgan fingerprint density at radius 3 is 2.19 bits per heavy atom. The molecule has 90 valence electrons. The van der Waals surface area contributed by atoms with E-state index in [1.807, 2.05) is 0 Å². The Morgan fingerprint density at radius 1 is 1.31 bits per heavy atom. The predicted octanol–water partition coefficient (Wildman–Crippen LogP) is -1.21. The zero-order chi connectivity index (χ0) is 12.9. The molecule has 16 heavy (non-hydrogen) atoms. The lowest BCUT2D eigenvalue weighted by Gasteiger charge is -2.18. The van der Waals surface area contributed by atoms with Crippen LogP contribution in [0.5, 0.6) is 0 Å². The fraction of sp³-hybridized carbons (Fsp3) is 0.333. The molecule has 0 aliphatic rings. The quantitative estimate of drug-likeness (QED) is 0.309. The van der Waals surface area contributed by atoms with Gasteiger partial charge in [0.1, 0.15) is 5.57 Å². The van der Waals surface area contributed by atoms with Crippen LogP contribution in [-0.2, 0) is 19.1 Å². The average molecular weight is 232 g/mol. The van der Waals surface area contributed by atoms with Crippen LogP contribution < -0.4 is 0 Å². The van der Waals surface area contributed by atoms with Gasteiger partial charge in [-0.05, 0) is 0 Å². The van der Waals surface area contributed by atoms with Gasteiger partial charge in [0.25, 0.3) is 0 Å². The lowest BCUT2D eigenvalue weighted by atomic mass is 10.2. The molecule has 1 atom stereocenters. The molecule has 0 radical (unpaired) electrons. The van der Waals surface area contributed by atoms with Gasteiger partial charge in [-0.25, -0.2) is 9.59 Å². The van der Waals surface area contributed by atoms with Crippen LogP contribution in [0.1, 0.15) is 6.92 Å². The number of aliphatic hydroxyl groups is 3. The molecule has 0 aliphatic carbocycles. The third-order valence-corrected chi connectivity index (χ3v) is 1.37. The van der Waals surface area contributed by atoms with Gasteiger partial charge in [-0.15, -0.1) is 0 Å². The molecule has 0 amide bonds. The van der Waals surface area contributed by atoms with Gasteiger partial charge in [-0.1, -0.05) is 13.2 Å². The lowest BCUT2D eigenvalue weighted by molar-refractivity contribution is -0.283. The summed E-state index contributed by atoms with van der Waals surface area (Å²) in [6.45, 7) is 7.22. The van der Waals surface area contributed by atoms with Gasteiger partial charge < -0.3 is 24.8 Å². The molecule has 0 rings (SSSR count). The van der Waals surface area contributed by atoms with E-state index >= 15 is 0 Å². The van der Waals surface area contributed by atoms with Crippen molar-refractivity contribution in [2.45, 2.75) is 19.2 Å². The third kappa shape index (κ3) is 4.69. The van der Waals surface area contributed by atoms with E-state index < -0.39 is 29.8 Å². The van der Waals surface area contributed by atoms with Crippen LogP contribution in [0.25, 0.3) is 0 Å². The highest BCUT2D eigenvalue weighted by molar-refractivity contribution is 5.89.